The van der Waals surface area contributed by atoms with Crippen LogP contribution in [0.25, 0.3) is 0 Å². The van der Waals surface area contributed by atoms with Crippen LogP contribution >= 0.6 is 0 Å². The van der Waals surface area contributed by atoms with Crippen LogP contribution in [0, 0.1) is 0 Å². The number of aliphatic carboxylic acids is 1. The second-order valence-electron chi connectivity index (χ2n) is 5.18. The Morgan fingerprint density at radius 1 is 1.25 bits per heavy atom. The van der Waals surface area contributed by atoms with Crippen molar-refractivity contribution in [2.24, 2.45) is 0 Å². The number of hydrogen-bond donors (Lipinski definition) is 6. The molecule has 2 rings (SSSR count). The van der Waals surface area contributed by atoms with Gasteiger partial charge in [0.15, 0.2) is 24.1 Å². The molecular weight excluding hydrogens is 328 g/mol. The lowest BCUT2D eigenvalue weighted by atomic mass is 9.78. The number of phenolic OH excluding ortho intramolecular Hbond substituents is 1. The number of hydrogen-bond acceptors (Lipinski definition) is 9. The fourth-order valence-electron chi connectivity index (χ4n) is 2.69. The molecule has 1 fully saturated rings. The zero-order chi connectivity index (χ0) is 18.2. The summed E-state index contributed by atoms with van der Waals surface area (Å²) in [5.74, 6) is -2.95. The molecule has 24 heavy (non-hydrogen) atoms. The van der Waals surface area contributed by atoms with Crippen LogP contribution in [0.15, 0.2) is 12.1 Å². The minimum Gasteiger partial charge on any atom is -0.504 e. The predicted molar refractivity (Wildman–Crippen MR) is 74.5 cm³/mol. The van der Waals surface area contributed by atoms with Crippen molar-refractivity contribution in [1.29, 1.82) is 0 Å². The van der Waals surface area contributed by atoms with Crippen LogP contribution in [0.4, 0.5) is 0 Å². The highest BCUT2D eigenvalue weighted by molar-refractivity contribution is 5.89. The summed E-state index contributed by atoms with van der Waals surface area (Å²) in [5.41, 5.74) is -3.81. The largest absolute Gasteiger partial charge is 0.504 e. The molecule has 0 aliphatic carbocycles. The first-order valence-corrected chi connectivity index (χ1v) is 6.71. The number of methoxy groups -OCH3 is 1. The standard InChI is InChI=1S/C14H16O10/c1-23-10-6(16)3-2-5(4-15)7(10)14(13(21)22)11(19)8(17)9(18)12(20)24-14/h2-4,8-9,11-12,16-20H,1H3,(H,21,22). The van der Waals surface area contributed by atoms with Crippen molar-refractivity contribution in [3.8, 4) is 11.5 Å². The first-order chi connectivity index (χ1) is 11.2. The van der Waals surface area contributed by atoms with Crippen molar-refractivity contribution in [3.63, 3.8) is 0 Å². The molecule has 1 aliphatic rings. The number of aliphatic hydroxyl groups excluding tert-OH is 4. The highest BCUT2D eigenvalue weighted by Gasteiger charge is 2.61. The van der Waals surface area contributed by atoms with Crippen LogP contribution in [0.5, 0.6) is 11.5 Å². The molecule has 1 aromatic carbocycles. The predicted octanol–water partition coefficient (Wildman–Crippen LogP) is -2.08. The molecule has 0 spiro atoms. The Kier molecular flexibility index (Phi) is 4.78. The molecule has 5 atom stereocenters. The van der Waals surface area contributed by atoms with E-state index in [0.29, 0.717) is 0 Å². The summed E-state index contributed by atoms with van der Waals surface area (Å²) in [6.45, 7) is 0. The van der Waals surface area contributed by atoms with Crippen molar-refractivity contribution in [1.82, 2.24) is 0 Å². The molecule has 1 heterocycles. The second kappa shape index (κ2) is 6.34. The molecule has 0 radical (unpaired) electrons. The first kappa shape index (κ1) is 18.1. The van der Waals surface area contributed by atoms with Gasteiger partial charge in [-0.15, -0.1) is 0 Å². The third-order valence-corrected chi connectivity index (χ3v) is 3.88. The summed E-state index contributed by atoms with van der Waals surface area (Å²) in [7, 11) is 1.07. The lowest BCUT2D eigenvalue weighted by Gasteiger charge is -2.45. The maximum absolute atomic E-state index is 11.9. The second-order valence-corrected chi connectivity index (χ2v) is 5.18. The van der Waals surface area contributed by atoms with E-state index in [4.69, 9.17) is 9.47 Å². The van der Waals surface area contributed by atoms with Crippen LogP contribution in [-0.4, -0.2) is 74.6 Å². The lowest BCUT2D eigenvalue weighted by molar-refractivity contribution is -0.319. The molecule has 1 aliphatic heterocycles. The number of rotatable bonds is 4. The molecule has 0 aromatic heterocycles. The van der Waals surface area contributed by atoms with Crippen molar-refractivity contribution in [2.75, 3.05) is 7.11 Å². The summed E-state index contributed by atoms with van der Waals surface area (Å²) < 4.78 is 9.81. The number of aromatic hydroxyl groups is 1. The third-order valence-electron chi connectivity index (χ3n) is 3.88. The van der Waals surface area contributed by atoms with E-state index < -0.39 is 53.2 Å². The molecule has 1 saturated heterocycles. The van der Waals surface area contributed by atoms with Crippen molar-refractivity contribution in [2.45, 2.75) is 30.2 Å². The molecule has 0 bridgehead atoms. The van der Waals surface area contributed by atoms with Gasteiger partial charge in [-0.25, -0.2) is 4.79 Å². The topological polar surface area (TPSA) is 174 Å². The van der Waals surface area contributed by atoms with Gasteiger partial charge >= 0.3 is 5.97 Å². The Hall–Kier alpha value is -2.24. The third kappa shape index (κ3) is 2.41. The zero-order valence-electron chi connectivity index (χ0n) is 12.4. The molecule has 10 heteroatoms. The van der Waals surface area contributed by atoms with Gasteiger partial charge in [-0.2, -0.15) is 0 Å². The molecular formula is C14H16O10. The van der Waals surface area contributed by atoms with Gasteiger partial charge in [0.1, 0.15) is 18.3 Å². The van der Waals surface area contributed by atoms with Crippen molar-refractivity contribution < 1.29 is 49.7 Å². The van der Waals surface area contributed by atoms with Crippen LogP contribution in [0.2, 0.25) is 0 Å². The minimum atomic E-state index is -2.88. The highest BCUT2D eigenvalue weighted by Crippen LogP contribution is 2.46. The lowest BCUT2D eigenvalue weighted by Crippen LogP contribution is -2.65. The van der Waals surface area contributed by atoms with Crippen molar-refractivity contribution in [3.05, 3.63) is 23.3 Å². The van der Waals surface area contributed by atoms with Gasteiger partial charge < -0.3 is 40.1 Å². The summed E-state index contributed by atoms with van der Waals surface area (Å²) in [4.78, 5) is 23.2. The average Bonchev–Trinajstić information content (AvgIpc) is 2.55. The fraction of sp³-hybridized carbons (Fsp3) is 0.429. The van der Waals surface area contributed by atoms with E-state index in [0.717, 1.165) is 19.2 Å². The number of phenols is 1. The summed E-state index contributed by atoms with van der Waals surface area (Å²) >= 11 is 0. The van der Waals surface area contributed by atoms with Gasteiger partial charge in [0.25, 0.3) is 0 Å². The quantitative estimate of drug-likeness (QED) is 0.333. The summed E-state index contributed by atoms with van der Waals surface area (Å²) in [6.07, 6.45) is -8.36. The summed E-state index contributed by atoms with van der Waals surface area (Å²) in [5, 5.41) is 58.9. The number of carboxylic acids is 1. The highest BCUT2D eigenvalue weighted by atomic mass is 16.7. The molecule has 1 aromatic rings. The Balaban J connectivity index is 2.84. The maximum Gasteiger partial charge on any atom is 0.343 e. The first-order valence-electron chi connectivity index (χ1n) is 6.71. The number of carboxylic acid groups (broad SMARTS) is 1. The van der Waals surface area contributed by atoms with Crippen LogP contribution < -0.4 is 4.74 Å². The smallest absolute Gasteiger partial charge is 0.343 e. The van der Waals surface area contributed by atoms with Crippen LogP contribution in [0.3, 0.4) is 0 Å². The Bertz CT molecular complexity index is 659. The van der Waals surface area contributed by atoms with Gasteiger partial charge in [-0.3, -0.25) is 4.79 Å². The van der Waals surface area contributed by atoms with Gasteiger partial charge in [0, 0.05) is 5.56 Å². The van der Waals surface area contributed by atoms with Gasteiger partial charge in [0.2, 0.25) is 5.60 Å². The maximum atomic E-state index is 11.9. The Morgan fingerprint density at radius 2 is 1.88 bits per heavy atom. The van der Waals surface area contributed by atoms with E-state index in [1.807, 2.05) is 0 Å². The van der Waals surface area contributed by atoms with E-state index in [1.54, 1.807) is 0 Å². The number of benzene rings is 1. The van der Waals surface area contributed by atoms with Gasteiger partial charge in [-0.05, 0) is 12.1 Å². The van der Waals surface area contributed by atoms with Gasteiger partial charge in [-0.1, -0.05) is 0 Å². The number of carbonyl (C=O) groups is 2. The van der Waals surface area contributed by atoms with Crippen LogP contribution in [-0.2, 0) is 15.1 Å². The Labute approximate surface area is 135 Å². The van der Waals surface area contributed by atoms with E-state index in [-0.39, 0.29) is 11.8 Å². The van der Waals surface area contributed by atoms with Crippen LogP contribution in [0.1, 0.15) is 15.9 Å². The molecule has 10 nitrogen and oxygen atoms in total. The summed E-state index contributed by atoms with van der Waals surface area (Å²) in [6, 6.07) is 2.10. The molecule has 5 unspecified atom stereocenters. The zero-order valence-corrected chi connectivity index (χ0v) is 12.4. The van der Waals surface area contributed by atoms with Gasteiger partial charge in [0.05, 0.1) is 12.7 Å². The number of ether oxygens (including phenoxy) is 2. The molecule has 132 valence electrons. The van der Waals surface area contributed by atoms with E-state index in [2.05, 4.69) is 0 Å². The average molecular weight is 344 g/mol. The van der Waals surface area contributed by atoms with E-state index in [9.17, 15) is 40.2 Å². The molecule has 0 saturated carbocycles. The number of aldehydes is 1. The molecule has 0 amide bonds. The molecule has 6 N–H and O–H groups in total. The number of carbonyl (C=O) groups excluding carboxylic acids is 1. The number of aliphatic hydroxyl groups is 4. The fourth-order valence-corrected chi connectivity index (χ4v) is 2.69. The monoisotopic (exact) mass is 344 g/mol. The Morgan fingerprint density at radius 3 is 2.38 bits per heavy atom. The van der Waals surface area contributed by atoms with E-state index in [1.165, 1.54) is 0 Å². The SMILES string of the molecule is COc1c(O)ccc(C=O)c1C1(C(=O)O)OC(O)C(O)C(O)C1O. The normalized spacial score (nSPS) is 33.0. The minimum absolute atomic E-state index is 0.224. The van der Waals surface area contributed by atoms with E-state index >= 15 is 0 Å². The van der Waals surface area contributed by atoms with Crippen molar-refractivity contribution >= 4 is 12.3 Å².